The smallest absolute Gasteiger partial charge is 0.341 e. The molecule has 0 saturated carbocycles. The minimum absolute atomic E-state index is 0.356. The minimum atomic E-state index is -1.00. The molecule has 0 spiro atoms. The highest BCUT2D eigenvalue weighted by molar-refractivity contribution is 5.68. The summed E-state index contributed by atoms with van der Waals surface area (Å²) in [4.78, 5) is 10.4. The predicted molar refractivity (Wildman–Crippen MR) is 66.3 cm³/mol. The van der Waals surface area contributed by atoms with Crippen LogP contribution in [0.2, 0.25) is 0 Å². The van der Waals surface area contributed by atoms with Crippen LogP contribution in [0, 0.1) is 0 Å². The van der Waals surface area contributed by atoms with Gasteiger partial charge in [-0.15, -0.1) is 5.10 Å². The van der Waals surface area contributed by atoms with E-state index in [1.807, 2.05) is 0 Å². The molecular formula is C12H14N4O3. The molecule has 0 saturated heterocycles. The Morgan fingerprint density at radius 3 is 2.74 bits per heavy atom. The van der Waals surface area contributed by atoms with Crippen LogP contribution in [-0.4, -0.2) is 37.9 Å². The highest BCUT2D eigenvalue weighted by Gasteiger charge is 2.07. The molecule has 0 fully saturated rings. The van der Waals surface area contributed by atoms with Crippen molar-refractivity contribution in [1.29, 1.82) is 0 Å². The van der Waals surface area contributed by atoms with E-state index >= 15 is 0 Å². The van der Waals surface area contributed by atoms with Crippen molar-refractivity contribution in [3.63, 3.8) is 0 Å². The summed E-state index contributed by atoms with van der Waals surface area (Å²) in [6.07, 6.45) is 1.75. The van der Waals surface area contributed by atoms with Crippen LogP contribution in [0.5, 0.6) is 5.75 Å². The second-order valence-electron chi connectivity index (χ2n) is 3.93. The molecule has 2 rings (SSSR count). The fourth-order valence-electron chi connectivity index (χ4n) is 1.61. The van der Waals surface area contributed by atoms with Gasteiger partial charge >= 0.3 is 5.97 Å². The molecule has 0 atom stereocenters. The molecule has 100 valence electrons. The van der Waals surface area contributed by atoms with E-state index in [-0.39, 0.29) is 6.61 Å². The molecule has 0 bridgehead atoms. The Balaban J connectivity index is 2.13. The van der Waals surface area contributed by atoms with Crippen LogP contribution in [0.25, 0.3) is 5.69 Å². The van der Waals surface area contributed by atoms with Crippen LogP contribution in [0.15, 0.2) is 24.3 Å². The number of tetrazole rings is 1. The third-order valence-corrected chi connectivity index (χ3v) is 2.45. The fraction of sp³-hybridized carbons (Fsp3) is 0.333. The van der Waals surface area contributed by atoms with Crippen LogP contribution < -0.4 is 4.74 Å². The van der Waals surface area contributed by atoms with Gasteiger partial charge in [0.25, 0.3) is 0 Å². The Bertz CT molecular complexity index is 550. The van der Waals surface area contributed by atoms with E-state index in [2.05, 4.69) is 22.4 Å². The van der Waals surface area contributed by atoms with Crippen molar-refractivity contribution in [3.05, 3.63) is 30.1 Å². The van der Waals surface area contributed by atoms with Crippen molar-refractivity contribution >= 4 is 5.97 Å². The number of ether oxygens (including phenoxy) is 1. The fourth-order valence-corrected chi connectivity index (χ4v) is 1.61. The molecule has 1 aromatic carbocycles. The summed E-state index contributed by atoms with van der Waals surface area (Å²) in [7, 11) is 0. The first-order valence-corrected chi connectivity index (χ1v) is 5.93. The lowest BCUT2D eigenvalue weighted by atomic mass is 10.3. The summed E-state index contributed by atoms with van der Waals surface area (Å²) >= 11 is 0. The van der Waals surface area contributed by atoms with E-state index in [0.717, 1.165) is 24.4 Å². The third-order valence-electron chi connectivity index (χ3n) is 2.45. The van der Waals surface area contributed by atoms with E-state index < -0.39 is 5.97 Å². The van der Waals surface area contributed by atoms with E-state index in [1.54, 1.807) is 28.9 Å². The van der Waals surface area contributed by atoms with Crippen LogP contribution in [0.3, 0.4) is 0 Å². The molecule has 19 heavy (non-hydrogen) atoms. The number of nitrogens with zero attached hydrogens (tertiary/aromatic N) is 4. The number of carboxylic acid groups (broad SMARTS) is 1. The first kappa shape index (κ1) is 13.0. The quantitative estimate of drug-likeness (QED) is 0.837. The molecule has 1 aromatic heterocycles. The average molecular weight is 262 g/mol. The summed E-state index contributed by atoms with van der Waals surface area (Å²) in [5.74, 6) is 0.285. The van der Waals surface area contributed by atoms with Gasteiger partial charge in [-0.3, -0.25) is 0 Å². The van der Waals surface area contributed by atoms with Crippen LogP contribution in [0.4, 0.5) is 0 Å². The van der Waals surface area contributed by atoms with Crippen LogP contribution in [0.1, 0.15) is 19.2 Å². The van der Waals surface area contributed by atoms with Gasteiger partial charge < -0.3 is 9.84 Å². The maximum atomic E-state index is 10.4. The van der Waals surface area contributed by atoms with E-state index in [0.29, 0.717) is 5.75 Å². The molecule has 0 amide bonds. The first-order chi connectivity index (χ1) is 9.20. The topological polar surface area (TPSA) is 90.1 Å². The molecule has 0 unspecified atom stereocenters. The lowest BCUT2D eigenvalue weighted by Crippen LogP contribution is -2.09. The molecule has 1 heterocycles. The largest absolute Gasteiger partial charge is 0.482 e. The molecule has 7 nitrogen and oxygen atoms in total. The van der Waals surface area contributed by atoms with E-state index in [4.69, 9.17) is 9.84 Å². The molecule has 7 heteroatoms. The van der Waals surface area contributed by atoms with Gasteiger partial charge in [0, 0.05) is 6.42 Å². The number of rotatable bonds is 6. The standard InChI is InChI=1S/C12H14N4O3/c1-2-3-11-13-14-15-16(11)9-4-6-10(7-5-9)19-8-12(17)18/h4-7H,2-3,8H2,1H3,(H,17,18). The number of aromatic nitrogens is 4. The number of benzene rings is 1. The van der Waals surface area contributed by atoms with Crippen molar-refractivity contribution in [1.82, 2.24) is 20.2 Å². The normalized spacial score (nSPS) is 10.4. The first-order valence-electron chi connectivity index (χ1n) is 5.93. The van der Waals surface area contributed by atoms with Gasteiger partial charge in [-0.05, 0) is 41.1 Å². The van der Waals surface area contributed by atoms with Crippen molar-refractivity contribution < 1.29 is 14.6 Å². The summed E-state index contributed by atoms with van der Waals surface area (Å²) in [5.41, 5.74) is 0.816. The highest BCUT2D eigenvalue weighted by atomic mass is 16.5. The maximum Gasteiger partial charge on any atom is 0.341 e. The third kappa shape index (κ3) is 3.27. The number of hydrogen-bond donors (Lipinski definition) is 1. The molecular weight excluding hydrogens is 248 g/mol. The van der Waals surface area contributed by atoms with E-state index in [1.165, 1.54) is 0 Å². The number of carboxylic acids is 1. The molecule has 0 radical (unpaired) electrons. The Labute approximate surface area is 109 Å². The summed E-state index contributed by atoms with van der Waals surface area (Å²) in [6, 6.07) is 6.95. The Kier molecular flexibility index (Phi) is 4.07. The zero-order chi connectivity index (χ0) is 13.7. The Morgan fingerprint density at radius 2 is 2.11 bits per heavy atom. The van der Waals surface area contributed by atoms with Crippen LogP contribution in [-0.2, 0) is 11.2 Å². The zero-order valence-electron chi connectivity index (χ0n) is 10.5. The van der Waals surface area contributed by atoms with Gasteiger partial charge in [-0.2, -0.15) is 4.68 Å². The van der Waals surface area contributed by atoms with Crippen molar-refractivity contribution in [3.8, 4) is 11.4 Å². The summed E-state index contributed by atoms with van der Waals surface area (Å²) < 4.78 is 6.71. The van der Waals surface area contributed by atoms with Gasteiger partial charge in [-0.25, -0.2) is 4.79 Å². The second kappa shape index (κ2) is 5.94. The minimum Gasteiger partial charge on any atom is -0.482 e. The van der Waals surface area contributed by atoms with Crippen molar-refractivity contribution in [2.75, 3.05) is 6.61 Å². The number of hydrogen-bond acceptors (Lipinski definition) is 5. The maximum absolute atomic E-state index is 10.4. The van der Waals surface area contributed by atoms with Crippen molar-refractivity contribution in [2.24, 2.45) is 0 Å². The molecule has 0 aliphatic rings. The SMILES string of the molecule is CCCc1nnnn1-c1ccc(OCC(=O)O)cc1. The van der Waals surface area contributed by atoms with Gasteiger partial charge in [0.05, 0.1) is 5.69 Å². The van der Waals surface area contributed by atoms with Crippen LogP contribution >= 0.6 is 0 Å². The summed E-state index contributed by atoms with van der Waals surface area (Å²) in [5, 5.41) is 20.1. The predicted octanol–water partition coefficient (Wildman–Crippen LogP) is 1.08. The van der Waals surface area contributed by atoms with Gasteiger partial charge in [0.15, 0.2) is 12.4 Å². The molecule has 0 aliphatic heterocycles. The lowest BCUT2D eigenvalue weighted by molar-refractivity contribution is -0.139. The molecule has 0 aliphatic carbocycles. The number of aryl methyl sites for hydroxylation is 1. The van der Waals surface area contributed by atoms with Gasteiger partial charge in [0.2, 0.25) is 0 Å². The van der Waals surface area contributed by atoms with Gasteiger partial charge in [-0.1, -0.05) is 6.92 Å². The average Bonchev–Trinajstić information content (AvgIpc) is 2.86. The van der Waals surface area contributed by atoms with Gasteiger partial charge in [0.1, 0.15) is 5.75 Å². The number of aliphatic carboxylic acids is 1. The van der Waals surface area contributed by atoms with E-state index in [9.17, 15) is 4.79 Å². The monoisotopic (exact) mass is 262 g/mol. The molecule has 2 aromatic rings. The summed E-state index contributed by atoms with van der Waals surface area (Å²) in [6.45, 7) is 1.70. The lowest BCUT2D eigenvalue weighted by Gasteiger charge is -2.06. The zero-order valence-corrected chi connectivity index (χ0v) is 10.5. The molecule has 1 N–H and O–H groups in total. The Morgan fingerprint density at radius 1 is 1.37 bits per heavy atom. The van der Waals surface area contributed by atoms with Crippen molar-refractivity contribution in [2.45, 2.75) is 19.8 Å². The number of carbonyl (C=O) groups is 1. The second-order valence-corrected chi connectivity index (χ2v) is 3.93. The Hall–Kier alpha value is -2.44. The highest BCUT2D eigenvalue weighted by Crippen LogP contribution is 2.15.